The van der Waals surface area contributed by atoms with Gasteiger partial charge in [0.05, 0.1) is 18.9 Å². The Morgan fingerprint density at radius 3 is 3.05 bits per heavy atom. The summed E-state index contributed by atoms with van der Waals surface area (Å²) in [6.45, 7) is 6.82. The van der Waals surface area contributed by atoms with Gasteiger partial charge in [0.15, 0.2) is 0 Å². The molecule has 1 aromatic rings. The first-order valence-corrected chi connectivity index (χ1v) is 8.26. The number of aromatic nitrogens is 1. The lowest BCUT2D eigenvalue weighted by Gasteiger charge is -2.21. The van der Waals surface area contributed by atoms with Crippen molar-refractivity contribution in [2.75, 3.05) is 19.8 Å². The molecule has 1 aliphatic heterocycles. The van der Waals surface area contributed by atoms with Crippen LogP contribution >= 0.6 is 0 Å². The first-order valence-electron chi connectivity index (χ1n) is 8.26. The molecule has 2 atom stereocenters. The molecule has 0 spiro atoms. The smallest absolute Gasteiger partial charge is 0.137 e. The second kappa shape index (κ2) is 9.00. The molecule has 4 nitrogen and oxygen atoms in total. The van der Waals surface area contributed by atoms with Gasteiger partial charge in [0.2, 0.25) is 0 Å². The van der Waals surface area contributed by atoms with Crippen LogP contribution in [0.2, 0.25) is 0 Å². The van der Waals surface area contributed by atoms with E-state index in [1.807, 2.05) is 13.1 Å². The van der Waals surface area contributed by atoms with E-state index in [9.17, 15) is 0 Å². The maximum absolute atomic E-state index is 5.74. The van der Waals surface area contributed by atoms with E-state index in [2.05, 4.69) is 23.3 Å². The lowest BCUT2D eigenvalue weighted by atomic mass is 10.00. The van der Waals surface area contributed by atoms with Crippen molar-refractivity contribution < 1.29 is 9.47 Å². The van der Waals surface area contributed by atoms with E-state index in [1.54, 1.807) is 6.20 Å². The molecule has 1 saturated heterocycles. The van der Waals surface area contributed by atoms with Gasteiger partial charge in [-0.1, -0.05) is 6.92 Å². The zero-order valence-corrected chi connectivity index (χ0v) is 13.3. The van der Waals surface area contributed by atoms with Crippen molar-refractivity contribution in [1.29, 1.82) is 0 Å². The molecule has 0 saturated carbocycles. The van der Waals surface area contributed by atoms with Crippen LogP contribution in [0.3, 0.4) is 0 Å². The van der Waals surface area contributed by atoms with Crippen molar-refractivity contribution in [2.45, 2.75) is 58.1 Å². The number of ether oxygens (including phenoxy) is 2. The number of nitrogens with one attached hydrogen (secondary N) is 1. The van der Waals surface area contributed by atoms with Crippen molar-refractivity contribution in [1.82, 2.24) is 10.3 Å². The summed E-state index contributed by atoms with van der Waals surface area (Å²) >= 11 is 0. The minimum absolute atomic E-state index is 0.335. The van der Waals surface area contributed by atoms with Crippen LogP contribution in [-0.2, 0) is 4.74 Å². The normalized spacial score (nSPS) is 19.6. The van der Waals surface area contributed by atoms with Gasteiger partial charge in [0, 0.05) is 18.8 Å². The monoisotopic (exact) mass is 292 g/mol. The Hall–Kier alpha value is -1.13. The zero-order valence-electron chi connectivity index (χ0n) is 13.3. The highest BCUT2D eigenvalue weighted by atomic mass is 16.5. The maximum Gasteiger partial charge on any atom is 0.137 e. The van der Waals surface area contributed by atoms with Gasteiger partial charge in [0.1, 0.15) is 5.75 Å². The summed E-state index contributed by atoms with van der Waals surface area (Å²) in [7, 11) is 0. The Kier molecular flexibility index (Phi) is 6.96. The van der Waals surface area contributed by atoms with Crippen LogP contribution in [0.4, 0.5) is 0 Å². The van der Waals surface area contributed by atoms with Gasteiger partial charge in [-0.3, -0.25) is 4.98 Å². The van der Waals surface area contributed by atoms with Gasteiger partial charge in [-0.05, 0) is 57.2 Å². The third-order valence-electron chi connectivity index (χ3n) is 3.89. The summed E-state index contributed by atoms with van der Waals surface area (Å²) in [4.78, 5) is 4.32. The first kappa shape index (κ1) is 16.2. The molecule has 1 N–H and O–H groups in total. The molecule has 1 aliphatic rings. The fourth-order valence-electron chi connectivity index (χ4n) is 2.80. The lowest BCUT2D eigenvalue weighted by molar-refractivity contribution is 0.0996. The molecule has 4 heteroatoms. The molecule has 0 aromatic carbocycles. The molecule has 1 aromatic heterocycles. The molecule has 2 heterocycles. The Bertz CT molecular complexity index is 406. The largest absolute Gasteiger partial charge is 0.492 e. The van der Waals surface area contributed by atoms with E-state index < -0.39 is 0 Å². The third kappa shape index (κ3) is 5.29. The third-order valence-corrected chi connectivity index (χ3v) is 3.89. The Labute approximate surface area is 128 Å². The average Bonchev–Trinajstić information content (AvgIpc) is 3.01. The van der Waals surface area contributed by atoms with Gasteiger partial charge < -0.3 is 14.8 Å². The molecule has 118 valence electrons. The molecule has 2 unspecified atom stereocenters. The van der Waals surface area contributed by atoms with Crippen molar-refractivity contribution in [3.05, 3.63) is 24.0 Å². The number of nitrogens with zero attached hydrogens (tertiary/aromatic N) is 1. The summed E-state index contributed by atoms with van der Waals surface area (Å²) < 4.78 is 11.3. The summed E-state index contributed by atoms with van der Waals surface area (Å²) in [6.07, 6.45) is 9.92. The standard InChI is InChI=1S/C17H28N2O2/c1-3-9-19-17(8-7-15-6-5-10-21-15)14-11-16(20-4-2)13-18-12-14/h11-13,15,17,19H,3-10H2,1-2H3. The van der Waals surface area contributed by atoms with E-state index in [0.29, 0.717) is 18.8 Å². The van der Waals surface area contributed by atoms with Gasteiger partial charge in [0.25, 0.3) is 0 Å². The molecule has 2 rings (SSSR count). The van der Waals surface area contributed by atoms with Crippen molar-refractivity contribution in [3.8, 4) is 5.75 Å². The summed E-state index contributed by atoms with van der Waals surface area (Å²) in [5.74, 6) is 0.857. The SMILES string of the molecule is CCCNC(CCC1CCCO1)c1cncc(OCC)c1. The van der Waals surface area contributed by atoms with Crippen LogP contribution in [0.15, 0.2) is 18.5 Å². The summed E-state index contributed by atoms with van der Waals surface area (Å²) in [5.41, 5.74) is 1.22. The predicted octanol–water partition coefficient (Wildman–Crippen LogP) is 3.48. The van der Waals surface area contributed by atoms with Gasteiger partial charge in [-0.2, -0.15) is 0 Å². The van der Waals surface area contributed by atoms with Gasteiger partial charge in [-0.25, -0.2) is 0 Å². The first-order chi connectivity index (χ1) is 10.3. The quantitative estimate of drug-likeness (QED) is 0.756. The van der Waals surface area contributed by atoms with Crippen molar-refractivity contribution in [2.24, 2.45) is 0 Å². The molecule has 0 amide bonds. The Morgan fingerprint density at radius 2 is 2.33 bits per heavy atom. The molecule has 0 bridgehead atoms. The topological polar surface area (TPSA) is 43.4 Å². The number of hydrogen-bond acceptors (Lipinski definition) is 4. The van der Waals surface area contributed by atoms with Gasteiger partial charge in [-0.15, -0.1) is 0 Å². The lowest BCUT2D eigenvalue weighted by Crippen LogP contribution is -2.23. The molecule has 0 radical (unpaired) electrons. The zero-order chi connectivity index (χ0) is 14.9. The van der Waals surface area contributed by atoms with Crippen LogP contribution in [-0.4, -0.2) is 30.8 Å². The van der Waals surface area contributed by atoms with Crippen LogP contribution in [0, 0.1) is 0 Å². The second-order valence-corrected chi connectivity index (χ2v) is 5.61. The fourth-order valence-corrected chi connectivity index (χ4v) is 2.80. The van der Waals surface area contributed by atoms with Crippen molar-refractivity contribution >= 4 is 0 Å². The Balaban J connectivity index is 1.97. The molecular formula is C17H28N2O2. The minimum Gasteiger partial charge on any atom is -0.492 e. The van der Waals surface area contributed by atoms with Crippen LogP contribution < -0.4 is 10.1 Å². The maximum atomic E-state index is 5.74. The van der Waals surface area contributed by atoms with Gasteiger partial charge >= 0.3 is 0 Å². The van der Waals surface area contributed by atoms with Crippen LogP contribution in [0.5, 0.6) is 5.75 Å². The molecular weight excluding hydrogens is 264 g/mol. The Morgan fingerprint density at radius 1 is 1.43 bits per heavy atom. The number of pyridine rings is 1. The van der Waals surface area contributed by atoms with E-state index in [-0.39, 0.29) is 0 Å². The number of rotatable bonds is 9. The minimum atomic E-state index is 0.335. The molecule has 0 aliphatic carbocycles. The van der Waals surface area contributed by atoms with E-state index in [1.165, 1.54) is 18.4 Å². The van der Waals surface area contributed by atoms with Crippen LogP contribution in [0.1, 0.15) is 57.6 Å². The van der Waals surface area contributed by atoms with E-state index >= 15 is 0 Å². The second-order valence-electron chi connectivity index (χ2n) is 5.61. The van der Waals surface area contributed by atoms with Crippen molar-refractivity contribution in [3.63, 3.8) is 0 Å². The molecule has 21 heavy (non-hydrogen) atoms. The highest BCUT2D eigenvalue weighted by Gasteiger charge is 2.19. The summed E-state index contributed by atoms with van der Waals surface area (Å²) in [6, 6.07) is 2.45. The molecule has 1 fully saturated rings. The summed E-state index contributed by atoms with van der Waals surface area (Å²) in [5, 5.41) is 3.63. The predicted molar refractivity (Wildman–Crippen MR) is 84.6 cm³/mol. The highest BCUT2D eigenvalue weighted by Crippen LogP contribution is 2.25. The van der Waals surface area contributed by atoms with E-state index in [4.69, 9.17) is 9.47 Å². The fraction of sp³-hybridized carbons (Fsp3) is 0.706. The highest BCUT2D eigenvalue weighted by molar-refractivity contribution is 5.26. The van der Waals surface area contributed by atoms with E-state index in [0.717, 1.165) is 38.2 Å². The number of hydrogen-bond donors (Lipinski definition) is 1. The van der Waals surface area contributed by atoms with Crippen LogP contribution in [0.25, 0.3) is 0 Å². The average molecular weight is 292 g/mol.